The summed E-state index contributed by atoms with van der Waals surface area (Å²) in [4.78, 5) is 13.6. The minimum Gasteiger partial charge on any atom is -0.345 e. The van der Waals surface area contributed by atoms with Crippen LogP contribution in [0.3, 0.4) is 0 Å². The van der Waals surface area contributed by atoms with Crippen LogP contribution in [0, 0.1) is 11.8 Å². The number of nitrogens with one attached hydrogen (secondary N) is 2. The van der Waals surface area contributed by atoms with Crippen LogP contribution >= 0.6 is 0 Å². The van der Waals surface area contributed by atoms with Gasteiger partial charge in [0.1, 0.15) is 0 Å². The van der Waals surface area contributed by atoms with Gasteiger partial charge in [-0.05, 0) is 18.9 Å². The molecule has 1 fully saturated rings. The summed E-state index contributed by atoms with van der Waals surface area (Å²) >= 11 is 0. The minimum absolute atomic E-state index is 0.0859. The molecule has 0 aliphatic carbocycles. The van der Waals surface area contributed by atoms with Crippen LogP contribution in [0.2, 0.25) is 0 Å². The molecule has 1 aromatic rings. The standard InChI is InChI=1S/C17H26N2O/c1-13-9-14(2)11-19(10-13)12-17(20)18-15(3)16-7-5-4-6-8-16/h4-8,13-15H,9-12H2,1-3H3,(H,18,20)/p+1/t13-,14-,15+/m1/s1. The van der Waals surface area contributed by atoms with Gasteiger partial charge in [-0.3, -0.25) is 4.79 Å². The van der Waals surface area contributed by atoms with Crippen LogP contribution in [-0.2, 0) is 4.79 Å². The van der Waals surface area contributed by atoms with Crippen LogP contribution in [0.1, 0.15) is 38.8 Å². The molecule has 110 valence electrons. The van der Waals surface area contributed by atoms with Crippen LogP contribution in [-0.4, -0.2) is 25.5 Å². The van der Waals surface area contributed by atoms with E-state index in [2.05, 4.69) is 31.3 Å². The van der Waals surface area contributed by atoms with E-state index in [-0.39, 0.29) is 11.9 Å². The van der Waals surface area contributed by atoms with Gasteiger partial charge in [-0.15, -0.1) is 0 Å². The van der Waals surface area contributed by atoms with E-state index >= 15 is 0 Å². The molecular formula is C17H27N2O+. The van der Waals surface area contributed by atoms with Crippen LogP contribution in [0.15, 0.2) is 30.3 Å². The first kappa shape index (κ1) is 15.0. The number of piperidine rings is 1. The molecule has 3 heteroatoms. The molecule has 1 amide bonds. The number of quaternary nitrogens is 1. The quantitative estimate of drug-likeness (QED) is 0.856. The zero-order valence-corrected chi connectivity index (χ0v) is 12.9. The van der Waals surface area contributed by atoms with Gasteiger partial charge in [0.15, 0.2) is 6.54 Å². The van der Waals surface area contributed by atoms with Gasteiger partial charge in [-0.2, -0.15) is 0 Å². The van der Waals surface area contributed by atoms with Crippen molar-refractivity contribution in [3.63, 3.8) is 0 Å². The lowest BCUT2D eigenvalue weighted by atomic mass is 9.92. The molecule has 1 saturated heterocycles. The van der Waals surface area contributed by atoms with Gasteiger partial charge in [0, 0.05) is 11.8 Å². The number of benzene rings is 1. The van der Waals surface area contributed by atoms with Crippen LogP contribution < -0.4 is 10.2 Å². The second-order valence-corrected chi connectivity index (χ2v) is 6.48. The van der Waals surface area contributed by atoms with E-state index in [1.54, 1.807) is 0 Å². The van der Waals surface area contributed by atoms with Crippen molar-refractivity contribution in [1.82, 2.24) is 5.32 Å². The fourth-order valence-corrected chi connectivity index (χ4v) is 3.41. The van der Waals surface area contributed by atoms with E-state index in [0.717, 1.165) is 30.5 Å². The minimum atomic E-state index is 0.0859. The van der Waals surface area contributed by atoms with Gasteiger partial charge < -0.3 is 10.2 Å². The van der Waals surface area contributed by atoms with Gasteiger partial charge in [0.2, 0.25) is 0 Å². The third-order valence-corrected chi connectivity index (χ3v) is 4.17. The van der Waals surface area contributed by atoms with Gasteiger partial charge in [0.25, 0.3) is 5.91 Å². The molecule has 3 nitrogen and oxygen atoms in total. The molecule has 0 unspecified atom stereocenters. The third kappa shape index (κ3) is 4.34. The summed E-state index contributed by atoms with van der Waals surface area (Å²) in [6, 6.07) is 10.2. The SMILES string of the molecule is C[C@@H]1C[C@@H](C)C[NH+](CC(=O)N[C@@H](C)c2ccccc2)C1. The summed E-state index contributed by atoms with van der Waals surface area (Å²) in [5.41, 5.74) is 1.16. The van der Waals surface area contributed by atoms with Crippen molar-refractivity contribution >= 4 is 5.91 Å². The van der Waals surface area contributed by atoms with Crippen LogP contribution in [0.5, 0.6) is 0 Å². The van der Waals surface area contributed by atoms with Crippen LogP contribution in [0.25, 0.3) is 0 Å². The number of hydrogen-bond donors (Lipinski definition) is 2. The van der Waals surface area contributed by atoms with Gasteiger partial charge in [0.05, 0.1) is 19.1 Å². The molecule has 0 aromatic heterocycles. The highest BCUT2D eigenvalue weighted by molar-refractivity contribution is 5.77. The van der Waals surface area contributed by atoms with Gasteiger partial charge in [-0.25, -0.2) is 0 Å². The van der Waals surface area contributed by atoms with Crippen LogP contribution in [0.4, 0.5) is 0 Å². The summed E-state index contributed by atoms with van der Waals surface area (Å²) < 4.78 is 0. The van der Waals surface area contributed by atoms with Crippen molar-refractivity contribution in [2.45, 2.75) is 33.2 Å². The summed E-state index contributed by atoms with van der Waals surface area (Å²) in [6.07, 6.45) is 1.30. The normalized spacial score (nSPS) is 27.9. The Bertz CT molecular complexity index is 422. The molecule has 1 aliphatic heterocycles. The topological polar surface area (TPSA) is 33.5 Å². The molecule has 2 rings (SSSR count). The van der Waals surface area contributed by atoms with Crippen molar-refractivity contribution < 1.29 is 9.69 Å². The van der Waals surface area contributed by atoms with E-state index < -0.39 is 0 Å². The van der Waals surface area contributed by atoms with E-state index in [4.69, 9.17) is 0 Å². The number of rotatable bonds is 4. The zero-order chi connectivity index (χ0) is 14.5. The maximum absolute atomic E-state index is 12.2. The van der Waals surface area contributed by atoms with Gasteiger partial charge in [-0.1, -0.05) is 44.2 Å². The lowest BCUT2D eigenvalue weighted by molar-refractivity contribution is -0.904. The number of likely N-dealkylation sites (tertiary alicyclic amines) is 1. The number of amides is 1. The van der Waals surface area contributed by atoms with Crippen molar-refractivity contribution in [2.75, 3.05) is 19.6 Å². The van der Waals surface area contributed by atoms with Crippen molar-refractivity contribution in [3.05, 3.63) is 35.9 Å². The predicted octanol–water partition coefficient (Wildman–Crippen LogP) is 1.42. The Morgan fingerprint density at radius 2 is 1.85 bits per heavy atom. The Morgan fingerprint density at radius 3 is 2.45 bits per heavy atom. The van der Waals surface area contributed by atoms with Gasteiger partial charge >= 0.3 is 0 Å². The summed E-state index contributed by atoms with van der Waals surface area (Å²) in [6.45, 7) is 9.48. The van der Waals surface area contributed by atoms with E-state index in [0.29, 0.717) is 6.54 Å². The summed E-state index contributed by atoms with van der Waals surface area (Å²) in [5.74, 6) is 1.62. The Labute approximate surface area is 122 Å². The van der Waals surface area contributed by atoms with Crippen molar-refractivity contribution in [1.29, 1.82) is 0 Å². The largest absolute Gasteiger partial charge is 0.345 e. The smallest absolute Gasteiger partial charge is 0.275 e. The lowest BCUT2D eigenvalue weighted by Gasteiger charge is -2.31. The first-order valence-electron chi connectivity index (χ1n) is 7.72. The van der Waals surface area contributed by atoms with E-state index in [1.165, 1.54) is 11.3 Å². The zero-order valence-electron chi connectivity index (χ0n) is 12.9. The predicted molar refractivity (Wildman–Crippen MR) is 81.5 cm³/mol. The Balaban J connectivity index is 1.83. The maximum atomic E-state index is 12.2. The fourth-order valence-electron chi connectivity index (χ4n) is 3.41. The Kier molecular flexibility index (Phi) is 5.18. The van der Waals surface area contributed by atoms with Crippen molar-refractivity contribution in [2.24, 2.45) is 11.8 Å². The first-order valence-corrected chi connectivity index (χ1v) is 7.72. The number of carbonyl (C=O) groups excluding carboxylic acids is 1. The Morgan fingerprint density at radius 1 is 1.25 bits per heavy atom. The highest BCUT2D eigenvalue weighted by Crippen LogP contribution is 2.12. The molecule has 3 atom stereocenters. The van der Waals surface area contributed by atoms with E-state index in [1.807, 2.05) is 25.1 Å². The molecule has 1 heterocycles. The molecule has 0 saturated carbocycles. The Hall–Kier alpha value is -1.35. The molecule has 0 spiro atoms. The van der Waals surface area contributed by atoms with Crippen molar-refractivity contribution in [3.8, 4) is 0 Å². The molecule has 1 aromatic carbocycles. The monoisotopic (exact) mass is 275 g/mol. The third-order valence-electron chi connectivity index (χ3n) is 4.17. The maximum Gasteiger partial charge on any atom is 0.275 e. The summed E-state index contributed by atoms with van der Waals surface area (Å²) in [7, 11) is 0. The lowest BCUT2D eigenvalue weighted by Crippen LogP contribution is -3.15. The molecular weight excluding hydrogens is 248 g/mol. The number of hydrogen-bond acceptors (Lipinski definition) is 1. The van der Waals surface area contributed by atoms with E-state index in [9.17, 15) is 4.79 Å². The second kappa shape index (κ2) is 6.89. The molecule has 1 aliphatic rings. The molecule has 0 bridgehead atoms. The fraction of sp³-hybridized carbons (Fsp3) is 0.588. The highest BCUT2D eigenvalue weighted by atomic mass is 16.2. The molecule has 20 heavy (non-hydrogen) atoms. The summed E-state index contributed by atoms with van der Waals surface area (Å²) in [5, 5.41) is 3.11. The first-order chi connectivity index (χ1) is 9.54. The average molecular weight is 275 g/mol. The highest BCUT2D eigenvalue weighted by Gasteiger charge is 2.26. The molecule has 2 N–H and O–H groups in total. The number of carbonyl (C=O) groups is 1. The average Bonchev–Trinajstić information content (AvgIpc) is 2.38. The molecule has 0 radical (unpaired) electrons. The second-order valence-electron chi connectivity index (χ2n) is 6.48.